The van der Waals surface area contributed by atoms with Crippen LogP contribution in [0.5, 0.6) is 0 Å². The lowest BCUT2D eigenvalue weighted by Gasteiger charge is -1.95. The number of rotatable bonds is 0. The van der Waals surface area contributed by atoms with Crippen molar-refractivity contribution in [2.75, 3.05) is 6.61 Å². The number of hydrogen-bond acceptors (Lipinski definition) is 3. The number of aliphatic hydroxyl groups excluding tert-OH is 1. The third-order valence-electron chi connectivity index (χ3n) is 0.959. The third kappa shape index (κ3) is 0.788. The monoisotopic (exact) mass is 136 g/mol. The number of ether oxygens (including phenoxy) is 1. The standard InChI is InChI=1S/C4H5ClO3/c5-3-2(6)1-8-4(3)7/h2-3,6H,1H2/t2-,3-/m1/s1. The molecule has 0 bridgehead atoms. The van der Waals surface area contributed by atoms with Crippen molar-refractivity contribution in [2.45, 2.75) is 11.5 Å². The van der Waals surface area contributed by atoms with Gasteiger partial charge in [0.25, 0.3) is 0 Å². The van der Waals surface area contributed by atoms with Crippen molar-refractivity contribution in [2.24, 2.45) is 0 Å². The van der Waals surface area contributed by atoms with Crippen molar-refractivity contribution in [3.8, 4) is 0 Å². The zero-order valence-electron chi connectivity index (χ0n) is 4.00. The molecule has 0 aromatic rings. The van der Waals surface area contributed by atoms with Crippen LogP contribution in [0.3, 0.4) is 0 Å². The number of carbonyl (C=O) groups is 1. The van der Waals surface area contributed by atoms with Crippen molar-refractivity contribution in [3.63, 3.8) is 0 Å². The highest BCUT2D eigenvalue weighted by molar-refractivity contribution is 6.30. The van der Waals surface area contributed by atoms with Gasteiger partial charge in [0.1, 0.15) is 12.7 Å². The Bertz CT molecular complexity index is 114. The minimum Gasteiger partial charge on any atom is -0.462 e. The SMILES string of the molecule is O=C1OC[C@@H](O)[C@H]1Cl. The molecular formula is C4H5ClO3. The lowest BCUT2D eigenvalue weighted by Crippen LogP contribution is -2.19. The summed E-state index contributed by atoms with van der Waals surface area (Å²) in [6.45, 7) is 0.0347. The highest BCUT2D eigenvalue weighted by atomic mass is 35.5. The van der Waals surface area contributed by atoms with Crippen LogP contribution in [0.15, 0.2) is 0 Å². The second kappa shape index (κ2) is 1.91. The van der Waals surface area contributed by atoms with Crippen LogP contribution in [0.4, 0.5) is 0 Å². The zero-order chi connectivity index (χ0) is 6.15. The van der Waals surface area contributed by atoms with E-state index in [1.54, 1.807) is 0 Å². The van der Waals surface area contributed by atoms with Crippen LogP contribution in [0.2, 0.25) is 0 Å². The summed E-state index contributed by atoms with van der Waals surface area (Å²) < 4.78 is 4.36. The number of hydrogen-bond donors (Lipinski definition) is 1. The molecule has 1 aliphatic rings. The lowest BCUT2D eigenvalue weighted by atomic mass is 10.3. The molecular weight excluding hydrogens is 131 g/mol. The predicted molar refractivity (Wildman–Crippen MR) is 26.6 cm³/mol. The maximum Gasteiger partial charge on any atom is 0.326 e. The number of alkyl halides is 1. The largest absolute Gasteiger partial charge is 0.462 e. The fourth-order valence-electron chi connectivity index (χ4n) is 0.489. The molecule has 0 aliphatic carbocycles. The minimum atomic E-state index is -0.852. The van der Waals surface area contributed by atoms with Gasteiger partial charge in [-0.1, -0.05) is 0 Å². The third-order valence-corrected chi connectivity index (χ3v) is 1.43. The average Bonchev–Trinajstić information content (AvgIpc) is 1.98. The summed E-state index contributed by atoms with van der Waals surface area (Å²) in [7, 11) is 0. The Morgan fingerprint density at radius 1 is 1.88 bits per heavy atom. The summed E-state index contributed by atoms with van der Waals surface area (Å²) in [5.41, 5.74) is 0. The van der Waals surface area contributed by atoms with E-state index in [9.17, 15) is 4.79 Å². The summed E-state index contributed by atoms with van der Waals surface area (Å²) in [4.78, 5) is 10.3. The second-order valence-electron chi connectivity index (χ2n) is 1.60. The van der Waals surface area contributed by atoms with E-state index in [0.29, 0.717) is 0 Å². The number of carbonyl (C=O) groups excluding carboxylic acids is 1. The molecule has 2 atom stereocenters. The molecule has 0 aromatic carbocycles. The van der Waals surface area contributed by atoms with Crippen LogP contribution in [-0.2, 0) is 9.53 Å². The van der Waals surface area contributed by atoms with Crippen LogP contribution in [0, 0.1) is 0 Å². The van der Waals surface area contributed by atoms with Crippen LogP contribution >= 0.6 is 11.6 Å². The van der Waals surface area contributed by atoms with Gasteiger partial charge in [-0.3, -0.25) is 4.79 Å². The van der Waals surface area contributed by atoms with Crippen LogP contribution < -0.4 is 0 Å². The van der Waals surface area contributed by atoms with Gasteiger partial charge >= 0.3 is 5.97 Å². The van der Waals surface area contributed by atoms with E-state index in [1.807, 2.05) is 0 Å². The lowest BCUT2D eigenvalue weighted by molar-refractivity contribution is -0.137. The van der Waals surface area contributed by atoms with Crippen LogP contribution in [-0.4, -0.2) is 29.2 Å². The van der Waals surface area contributed by atoms with E-state index in [2.05, 4.69) is 4.74 Å². The number of esters is 1. The molecule has 8 heavy (non-hydrogen) atoms. The van der Waals surface area contributed by atoms with Gasteiger partial charge in [0.05, 0.1) is 0 Å². The molecule has 1 heterocycles. The molecule has 0 aromatic heterocycles. The fourth-order valence-corrected chi connectivity index (χ4v) is 0.624. The molecule has 1 N–H and O–H groups in total. The van der Waals surface area contributed by atoms with Crippen LogP contribution in [0.25, 0.3) is 0 Å². The number of aliphatic hydroxyl groups is 1. The summed E-state index contributed by atoms with van der Waals surface area (Å²) >= 11 is 5.29. The zero-order valence-corrected chi connectivity index (χ0v) is 4.76. The minimum absolute atomic E-state index is 0.0347. The van der Waals surface area contributed by atoms with Crippen molar-refractivity contribution < 1.29 is 14.6 Å². The molecule has 0 spiro atoms. The van der Waals surface area contributed by atoms with Gasteiger partial charge in [-0.05, 0) is 0 Å². The summed E-state index contributed by atoms with van der Waals surface area (Å²) in [6, 6.07) is 0. The van der Waals surface area contributed by atoms with E-state index in [4.69, 9.17) is 16.7 Å². The van der Waals surface area contributed by atoms with Gasteiger partial charge in [-0.15, -0.1) is 11.6 Å². The normalized spacial score (nSPS) is 37.5. The summed E-state index contributed by atoms with van der Waals surface area (Å²) in [5.74, 6) is -0.529. The van der Waals surface area contributed by atoms with Gasteiger partial charge in [0.2, 0.25) is 0 Å². The van der Waals surface area contributed by atoms with Crippen molar-refractivity contribution in [1.82, 2.24) is 0 Å². The number of halogens is 1. The van der Waals surface area contributed by atoms with Crippen LogP contribution in [0.1, 0.15) is 0 Å². The molecule has 0 unspecified atom stereocenters. The molecule has 0 radical (unpaired) electrons. The Morgan fingerprint density at radius 3 is 2.62 bits per heavy atom. The van der Waals surface area contributed by atoms with Gasteiger partial charge < -0.3 is 9.84 Å². The molecule has 0 amide bonds. The van der Waals surface area contributed by atoms with Crippen molar-refractivity contribution >= 4 is 17.6 Å². The Hall–Kier alpha value is -0.280. The summed E-state index contributed by atoms with van der Waals surface area (Å²) in [5, 5.41) is 7.84. The molecule has 1 saturated heterocycles. The molecule has 1 aliphatic heterocycles. The topological polar surface area (TPSA) is 46.5 Å². The molecule has 1 rings (SSSR count). The predicted octanol–water partition coefficient (Wildman–Crippen LogP) is -0.489. The molecule has 46 valence electrons. The highest BCUT2D eigenvalue weighted by Gasteiger charge is 2.33. The Balaban J connectivity index is 2.56. The number of cyclic esters (lactones) is 1. The Kier molecular flexibility index (Phi) is 1.40. The van der Waals surface area contributed by atoms with Gasteiger partial charge in [0.15, 0.2) is 5.38 Å². The Morgan fingerprint density at radius 2 is 2.50 bits per heavy atom. The molecule has 1 fully saturated rings. The second-order valence-corrected chi connectivity index (χ2v) is 2.07. The first kappa shape index (κ1) is 5.85. The van der Waals surface area contributed by atoms with Gasteiger partial charge in [-0.2, -0.15) is 0 Å². The van der Waals surface area contributed by atoms with E-state index >= 15 is 0 Å². The average molecular weight is 137 g/mol. The Labute approximate surface area is 51.2 Å². The fraction of sp³-hybridized carbons (Fsp3) is 0.750. The van der Waals surface area contributed by atoms with E-state index in [0.717, 1.165) is 0 Å². The van der Waals surface area contributed by atoms with E-state index in [1.165, 1.54) is 0 Å². The molecule has 0 saturated carbocycles. The summed E-state index contributed by atoms with van der Waals surface area (Å²) in [6.07, 6.45) is -0.816. The van der Waals surface area contributed by atoms with Crippen molar-refractivity contribution in [1.29, 1.82) is 0 Å². The van der Waals surface area contributed by atoms with Gasteiger partial charge in [-0.25, -0.2) is 0 Å². The first-order chi connectivity index (χ1) is 3.72. The smallest absolute Gasteiger partial charge is 0.326 e. The maximum absolute atomic E-state index is 10.3. The van der Waals surface area contributed by atoms with Gasteiger partial charge in [0, 0.05) is 0 Å². The first-order valence-electron chi connectivity index (χ1n) is 2.20. The quantitative estimate of drug-likeness (QED) is 0.361. The highest BCUT2D eigenvalue weighted by Crippen LogP contribution is 2.12. The van der Waals surface area contributed by atoms with E-state index < -0.39 is 17.5 Å². The molecule has 3 nitrogen and oxygen atoms in total. The van der Waals surface area contributed by atoms with E-state index in [-0.39, 0.29) is 6.61 Å². The molecule has 4 heteroatoms. The maximum atomic E-state index is 10.3. The van der Waals surface area contributed by atoms with Crippen molar-refractivity contribution in [3.05, 3.63) is 0 Å². The first-order valence-corrected chi connectivity index (χ1v) is 2.64.